The molecule has 0 fully saturated rings. The lowest BCUT2D eigenvalue weighted by molar-refractivity contribution is -0.121. The van der Waals surface area contributed by atoms with Crippen molar-refractivity contribution in [1.29, 1.82) is 0 Å². The Kier molecular flexibility index (Phi) is 5.23. The summed E-state index contributed by atoms with van der Waals surface area (Å²) in [7, 11) is 0. The summed E-state index contributed by atoms with van der Waals surface area (Å²) < 4.78 is 0.754. The summed E-state index contributed by atoms with van der Waals surface area (Å²) in [5.74, 6) is -0.733. The molecular weight excluding hydrogens is 386 g/mol. The molecule has 2 heterocycles. The highest BCUT2D eigenvalue weighted by atomic mass is 79.9. The van der Waals surface area contributed by atoms with Gasteiger partial charge in [0.25, 0.3) is 11.8 Å². The molecule has 0 bridgehead atoms. The van der Waals surface area contributed by atoms with Gasteiger partial charge in [-0.1, -0.05) is 22.0 Å². The number of rotatable bonds is 6. The van der Waals surface area contributed by atoms with Crippen molar-refractivity contribution in [3.05, 3.63) is 63.9 Å². The largest absolute Gasteiger partial charge is 0.352 e. The molecule has 1 N–H and O–H groups in total. The molecule has 7 heteroatoms. The average Bonchev–Trinajstić information content (AvgIpc) is 2.85. The van der Waals surface area contributed by atoms with Gasteiger partial charge in [0, 0.05) is 36.4 Å². The molecule has 0 atom stereocenters. The van der Waals surface area contributed by atoms with Crippen molar-refractivity contribution < 1.29 is 14.4 Å². The summed E-state index contributed by atoms with van der Waals surface area (Å²) in [6.45, 7) is 0.637. The predicted molar refractivity (Wildman–Crippen MR) is 94.8 cm³/mol. The highest BCUT2D eigenvalue weighted by Gasteiger charge is 2.35. The second kappa shape index (κ2) is 7.57. The van der Waals surface area contributed by atoms with Gasteiger partial charge in [0.15, 0.2) is 0 Å². The molecule has 0 unspecified atom stereocenters. The first-order chi connectivity index (χ1) is 12.1. The number of hydrogen-bond donors (Lipinski definition) is 1. The highest BCUT2D eigenvalue weighted by Crippen LogP contribution is 2.26. The van der Waals surface area contributed by atoms with Crippen LogP contribution >= 0.6 is 15.9 Å². The zero-order chi connectivity index (χ0) is 17.8. The normalized spacial score (nSPS) is 13.1. The minimum absolute atomic E-state index is 0.122. The first kappa shape index (κ1) is 17.3. The predicted octanol–water partition coefficient (Wildman–Crippen LogP) is 2.54. The van der Waals surface area contributed by atoms with Crippen molar-refractivity contribution in [1.82, 2.24) is 15.2 Å². The summed E-state index contributed by atoms with van der Waals surface area (Å²) >= 11 is 3.30. The van der Waals surface area contributed by atoms with Gasteiger partial charge >= 0.3 is 0 Å². The highest BCUT2D eigenvalue weighted by molar-refractivity contribution is 9.10. The molecule has 25 heavy (non-hydrogen) atoms. The van der Waals surface area contributed by atoms with E-state index in [2.05, 4.69) is 26.2 Å². The molecular formula is C18H16BrN3O3. The van der Waals surface area contributed by atoms with E-state index in [9.17, 15) is 14.4 Å². The monoisotopic (exact) mass is 401 g/mol. The van der Waals surface area contributed by atoms with Crippen LogP contribution in [0.25, 0.3) is 0 Å². The van der Waals surface area contributed by atoms with Gasteiger partial charge in [-0.25, -0.2) is 0 Å². The number of imide groups is 1. The summed E-state index contributed by atoms with van der Waals surface area (Å²) in [5.41, 5.74) is 1.73. The molecule has 0 saturated heterocycles. The topological polar surface area (TPSA) is 79.4 Å². The second-order valence-electron chi connectivity index (χ2n) is 5.69. The number of benzene rings is 1. The third kappa shape index (κ3) is 3.93. The lowest BCUT2D eigenvalue weighted by Crippen LogP contribution is -2.32. The van der Waals surface area contributed by atoms with E-state index in [1.807, 2.05) is 12.1 Å². The molecule has 1 aromatic heterocycles. The average molecular weight is 402 g/mol. The first-order valence-corrected chi connectivity index (χ1v) is 8.67. The van der Waals surface area contributed by atoms with Crippen LogP contribution in [0.3, 0.4) is 0 Å². The number of nitrogens with zero attached hydrogens (tertiary/aromatic N) is 2. The standard InChI is InChI=1S/C18H16BrN3O3/c19-13-5-6-14-15(9-13)18(25)22(17(14)24)8-2-4-16(23)21-11-12-3-1-7-20-10-12/h1,3,5-7,9-10H,2,4,8,11H2,(H,21,23). The Bertz CT molecular complexity index is 824. The van der Waals surface area contributed by atoms with E-state index >= 15 is 0 Å². The van der Waals surface area contributed by atoms with E-state index in [1.165, 1.54) is 4.90 Å². The van der Waals surface area contributed by atoms with E-state index in [0.29, 0.717) is 24.1 Å². The number of carbonyl (C=O) groups is 3. The van der Waals surface area contributed by atoms with Crippen LogP contribution in [-0.2, 0) is 11.3 Å². The van der Waals surface area contributed by atoms with Crippen LogP contribution in [0.15, 0.2) is 47.2 Å². The number of nitrogens with one attached hydrogen (secondary N) is 1. The first-order valence-electron chi connectivity index (χ1n) is 7.87. The van der Waals surface area contributed by atoms with Crippen LogP contribution in [0, 0.1) is 0 Å². The maximum Gasteiger partial charge on any atom is 0.261 e. The molecule has 1 aliphatic rings. The van der Waals surface area contributed by atoms with Crippen LogP contribution in [-0.4, -0.2) is 34.2 Å². The van der Waals surface area contributed by atoms with Gasteiger partial charge < -0.3 is 5.32 Å². The van der Waals surface area contributed by atoms with Gasteiger partial charge in [0.2, 0.25) is 5.91 Å². The van der Waals surface area contributed by atoms with Crippen molar-refractivity contribution in [2.24, 2.45) is 0 Å². The minimum Gasteiger partial charge on any atom is -0.352 e. The Morgan fingerprint density at radius 2 is 1.96 bits per heavy atom. The quantitative estimate of drug-likeness (QED) is 0.754. The van der Waals surface area contributed by atoms with Crippen molar-refractivity contribution in [3.63, 3.8) is 0 Å². The molecule has 128 valence electrons. The van der Waals surface area contributed by atoms with Crippen molar-refractivity contribution >= 4 is 33.7 Å². The molecule has 0 radical (unpaired) electrons. The van der Waals surface area contributed by atoms with Crippen LogP contribution in [0.4, 0.5) is 0 Å². The molecule has 0 saturated carbocycles. The third-order valence-corrected chi connectivity index (χ3v) is 4.42. The fourth-order valence-corrected chi connectivity index (χ4v) is 3.02. The van der Waals surface area contributed by atoms with Crippen LogP contribution in [0.1, 0.15) is 39.1 Å². The zero-order valence-electron chi connectivity index (χ0n) is 13.4. The second-order valence-corrected chi connectivity index (χ2v) is 6.61. The molecule has 3 rings (SSSR count). The van der Waals surface area contributed by atoms with E-state index in [4.69, 9.17) is 0 Å². The smallest absolute Gasteiger partial charge is 0.261 e. The van der Waals surface area contributed by atoms with Gasteiger partial charge in [-0.2, -0.15) is 0 Å². The van der Waals surface area contributed by atoms with Gasteiger partial charge in [-0.3, -0.25) is 24.3 Å². The Morgan fingerprint density at radius 3 is 2.72 bits per heavy atom. The van der Waals surface area contributed by atoms with E-state index in [-0.39, 0.29) is 30.7 Å². The summed E-state index contributed by atoms with van der Waals surface area (Å²) in [6.07, 6.45) is 4.03. The number of aromatic nitrogens is 1. The molecule has 1 aliphatic heterocycles. The SMILES string of the molecule is O=C(CCCN1C(=O)c2ccc(Br)cc2C1=O)NCc1cccnc1. The third-order valence-electron chi connectivity index (χ3n) is 3.93. The number of hydrogen-bond acceptors (Lipinski definition) is 4. The van der Waals surface area contributed by atoms with Crippen LogP contribution < -0.4 is 5.32 Å². The molecule has 3 amide bonds. The van der Waals surface area contributed by atoms with Gasteiger partial charge in [-0.15, -0.1) is 0 Å². The Hall–Kier alpha value is -2.54. The fraction of sp³-hybridized carbons (Fsp3) is 0.222. The van der Waals surface area contributed by atoms with Gasteiger partial charge in [0.05, 0.1) is 11.1 Å². The molecule has 0 spiro atoms. The number of pyridine rings is 1. The van der Waals surface area contributed by atoms with Crippen LogP contribution in [0.5, 0.6) is 0 Å². The molecule has 6 nitrogen and oxygen atoms in total. The van der Waals surface area contributed by atoms with Crippen molar-refractivity contribution in [2.75, 3.05) is 6.54 Å². The number of halogens is 1. The minimum atomic E-state index is -0.308. The summed E-state index contributed by atoms with van der Waals surface area (Å²) in [4.78, 5) is 41.7. The van der Waals surface area contributed by atoms with E-state index in [0.717, 1.165) is 10.0 Å². The maximum atomic E-state index is 12.3. The fourth-order valence-electron chi connectivity index (χ4n) is 2.66. The molecule has 0 aliphatic carbocycles. The molecule has 2 aromatic rings. The Labute approximate surface area is 153 Å². The lowest BCUT2D eigenvalue weighted by atomic mass is 10.1. The van der Waals surface area contributed by atoms with E-state index < -0.39 is 0 Å². The molecule has 1 aromatic carbocycles. The lowest BCUT2D eigenvalue weighted by Gasteiger charge is -2.13. The Balaban J connectivity index is 1.49. The summed E-state index contributed by atoms with van der Waals surface area (Å²) in [6, 6.07) is 8.71. The summed E-state index contributed by atoms with van der Waals surface area (Å²) in [5, 5.41) is 2.80. The number of amides is 3. The number of carbonyl (C=O) groups excluding carboxylic acids is 3. The van der Waals surface area contributed by atoms with Crippen molar-refractivity contribution in [3.8, 4) is 0 Å². The van der Waals surface area contributed by atoms with Gasteiger partial charge in [0.1, 0.15) is 0 Å². The van der Waals surface area contributed by atoms with Crippen molar-refractivity contribution in [2.45, 2.75) is 19.4 Å². The van der Waals surface area contributed by atoms with Gasteiger partial charge in [-0.05, 0) is 36.2 Å². The van der Waals surface area contributed by atoms with E-state index in [1.54, 1.807) is 30.6 Å². The maximum absolute atomic E-state index is 12.3. The Morgan fingerprint density at radius 1 is 1.16 bits per heavy atom. The van der Waals surface area contributed by atoms with Crippen LogP contribution in [0.2, 0.25) is 0 Å². The zero-order valence-corrected chi connectivity index (χ0v) is 15.0. The number of fused-ring (bicyclic) bond motifs is 1.